The number of nitrogens with zero attached hydrogens (tertiary/aromatic N) is 1. The van der Waals surface area contributed by atoms with Gasteiger partial charge in [-0.1, -0.05) is 65.8 Å². The largest absolute Gasteiger partial charge is 0.244 e. The van der Waals surface area contributed by atoms with Crippen molar-refractivity contribution in [2.75, 3.05) is 13.1 Å². The quantitative estimate of drug-likeness (QED) is 0.736. The summed E-state index contributed by atoms with van der Waals surface area (Å²) in [5.74, 6) is 0.730. The van der Waals surface area contributed by atoms with Crippen LogP contribution in [0.1, 0.15) is 76.0 Å². The Labute approximate surface area is 141 Å². The zero-order valence-corrected chi connectivity index (χ0v) is 15.9. The van der Waals surface area contributed by atoms with Crippen molar-refractivity contribution in [1.82, 2.24) is 4.31 Å². The minimum Gasteiger partial charge on any atom is -0.207 e. The van der Waals surface area contributed by atoms with Crippen LogP contribution in [0.2, 0.25) is 0 Å². The first-order valence-electron chi connectivity index (χ1n) is 8.49. The van der Waals surface area contributed by atoms with Gasteiger partial charge in [0.25, 0.3) is 0 Å². The molecule has 0 unspecified atom stereocenters. The Morgan fingerprint density at radius 2 is 1.26 bits per heavy atom. The molecule has 3 nitrogen and oxygen atoms in total. The van der Waals surface area contributed by atoms with Crippen molar-refractivity contribution in [3.63, 3.8) is 0 Å². The van der Waals surface area contributed by atoms with Gasteiger partial charge < -0.3 is 0 Å². The van der Waals surface area contributed by atoms with E-state index in [-0.39, 0.29) is 11.8 Å². The van der Waals surface area contributed by atoms with Crippen LogP contribution in [0.25, 0.3) is 0 Å². The maximum absolute atomic E-state index is 13.3. The molecule has 128 valence electrons. The minimum atomic E-state index is -3.46. The fraction of sp³-hybridized carbons (Fsp3) is 0.579. The Kier molecular flexibility index (Phi) is 5.37. The molecular formula is C19H29NO2S. The molecule has 1 aromatic carbocycles. The summed E-state index contributed by atoms with van der Waals surface area (Å²) in [6.45, 7) is 13.6. The van der Waals surface area contributed by atoms with Crippen molar-refractivity contribution in [1.29, 1.82) is 0 Å². The molecule has 0 spiro atoms. The van der Waals surface area contributed by atoms with Gasteiger partial charge in [0.1, 0.15) is 0 Å². The summed E-state index contributed by atoms with van der Waals surface area (Å²) < 4.78 is 28.1. The van der Waals surface area contributed by atoms with Crippen molar-refractivity contribution in [3.05, 3.63) is 41.0 Å². The van der Waals surface area contributed by atoms with E-state index in [0.717, 1.165) is 11.1 Å². The monoisotopic (exact) mass is 335 g/mol. The summed E-state index contributed by atoms with van der Waals surface area (Å²) >= 11 is 0. The van der Waals surface area contributed by atoms with Gasteiger partial charge in [0.2, 0.25) is 10.0 Å². The highest BCUT2D eigenvalue weighted by atomic mass is 32.2. The predicted octanol–water partition coefficient (Wildman–Crippen LogP) is 4.62. The molecule has 1 heterocycles. The van der Waals surface area contributed by atoms with Crippen LogP contribution in [0, 0.1) is 0 Å². The second kappa shape index (κ2) is 6.78. The Morgan fingerprint density at radius 3 is 1.61 bits per heavy atom. The van der Waals surface area contributed by atoms with Crippen LogP contribution in [0.3, 0.4) is 0 Å². The normalized spacial score (nSPS) is 16.2. The SMILES string of the molecule is CC(C)c1cc(C(C)C)c(S(=O)(=O)N2CC=CC2)c(C(C)C)c1. The number of rotatable bonds is 5. The molecule has 0 aliphatic carbocycles. The van der Waals surface area contributed by atoms with E-state index in [1.165, 1.54) is 5.56 Å². The molecule has 0 amide bonds. The van der Waals surface area contributed by atoms with E-state index in [2.05, 4.69) is 53.7 Å². The highest BCUT2D eigenvalue weighted by molar-refractivity contribution is 7.89. The van der Waals surface area contributed by atoms with Crippen molar-refractivity contribution in [3.8, 4) is 0 Å². The van der Waals surface area contributed by atoms with Crippen molar-refractivity contribution in [2.45, 2.75) is 64.2 Å². The highest BCUT2D eigenvalue weighted by Gasteiger charge is 2.32. The van der Waals surface area contributed by atoms with Gasteiger partial charge in [0.05, 0.1) is 4.90 Å². The van der Waals surface area contributed by atoms with E-state index in [1.807, 2.05) is 12.2 Å². The summed E-state index contributed by atoms with van der Waals surface area (Å²) in [4.78, 5) is 0.538. The number of benzene rings is 1. The summed E-state index contributed by atoms with van der Waals surface area (Å²) in [7, 11) is -3.46. The molecule has 0 saturated carbocycles. The molecule has 1 aliphatic heterocycles. The van der Waals surface area contributed by atoms with Crippen LogP contribution in [0.4, 0.5) is 0 Å². The summed E-state index contributed by atoms with van der Waals surface area (Å²) in [6.07, 6.45) is 3.84. The highest BCUT2D eigenvalue weighted by Crippen LogP contribution is 2.36. The zero-order chi connectivity index (χ0) is 17.4. The first-order valence-corrected chi connectivity index (χ1v) is 9.93. The maximum Gasteiger partial charge on any atom is 0.244 e. The number of sulfonamides is 1. The first kappa shape index (κ1) is 18.2. The van der Waals surface area contributed by atoms with Crippen LogP contribution in [0.15, 0.2) is 29.2 Å². The molecule has 0 atom stereocenters. The van der Waals surface area contributed by atoms with Crippen molar-refractivity contribution in [2.24, 2.45) is 0 Å². The van der Waals surface area contributed by atoms with Crippen molar-refractivity contribution >= 4 is 10.0 Å². The molecule has 4 heteroatoms. The Hall–Kier alpha value is -1.13. The third kappa shape index (κ3) is 3.53. The lowest BCUT2D eigenvalue weighted by atomic mass is 9.89. The van der Waals surface area contributed by atoms with Gasteiger partial charge in [0.15, 0.2) is 0 Å². The second-order valence-electron chi connectivity index (χ2n) is 7.29. The molecule has 0 N–H and O–H groups in total. The topological polar surface area (TPSA) is 37.4 Å². The van der Waals surface area contributed by atoms with Crippen LogP contribution in [0.5, 0.6) is 0 Å². The fourth-order valence-electron chi connectivity index (χ4n) is 2.97. The third-order valence-corrected chi connectivity index (χ3v) is 6.43. The van der Waals surface area contributed by atoms with Gasteiger partial charge in [-0.15, -0.1) is 0 Å². The summed E-state index contributed by atoms with van der Waals surface area (Å²) in [5, 5.41) is 0. The zero-order valence-electron chi connectivity index (χ0n) is 15.1. The molecular weight excluding hydrogens is 306 g/mol. The molecule has 1 aromatic rings. The smallest absolute Gasteiger partial charge is 0.207 e. The third-order valence-electron chi connectivity index (χ3n) is 4.46. The maximum atomic E-state index is 13.3. The molecule has 1 aliphatic rings. The lowest BCUT2D eigenvalue weighted by Gasteiger charge is -2.25. The Morgan fingerprint density at radius 1 is 0.826 bits per heavy atom. The van der Waals surface area contributed by atoms with Crippen LogP contribution in [-0.4, -0.2) is 25.8 Å². The Balaban J connectivity index is 2.74. The molecule has 0 saturated heterocycles. The predicted molar refractivity (Wildman–Crippen MR) is 96.6 cm³/mol. The van der Waals surface area contributed by atoms with Crippen LogP contribution < -0.4 is 0 Å². The number of hydrogen-bond acceptors (Lipinski definition) is 2. The van der Waals surface area contributed by atoms with Gasteiger partial charge in [0, 0.05) is 13.1 Å². The van der Waals surface area contributed by atoms with Gasteiger partial charge >= 0.3 is 0 Å². The molecule has 0 fully saturated rings. The lowest BCUT2D eigenvalue weighted by molar-refractivity contribution is 0.484. The summed E-state index contributed by atoms with van der Waals surface area (Å²) in [6, 6.07) is 4.19. The van der Waals surface area contributed by atoms with E-state index >= 15 is 0 Å². The fourth-order valence-corrected chi connectivity index (χ4v) is 4.98. The first-order chi connectivity index (χ1) is 10.7. The summed E-state index contributed by atoms with van der Waals surface area (Å²) in [5.41, 5.74) is 3.12. The molecule has 2 rings (SSSR count). The van der Waals surface area contributed by atoms with Gasteiger partial charge in [-0.3, -0.25) is 0 Å². The molecule has 0 radical (unpaired) electrons. The standard InChI is InChI=1S/C19H29NO2S/c1-13(2)16-11-17(14(3)4)19(18(12-16)15(5)6)23(21,22)20-9-7-8-10-20/h7-8,11-15H,9-10H2,1-6H3. The van der Waals surface area contributed by atoms with E-state index < -0.39 is 10.0 Å². The minimum absolute atomic E-state index is 0.173. The van der Waals surface area contributed by atoms with E-state index in [1.54, 1.807) is 4.31 Å². The van der Waals surface area contributed by atoms with E-state index in [4.69, 9.17) is 0 Å². The van der Waals surface area contributed by atoms with Crippen LogP contribution >= 0.6 is 0 Å². The second-order valence-corrected chi connectivity index (χ2v) is 9.16. The molecule has 0 aromatic heterocycles. The van der Waals surface area contributed by atoms with E-state index in [0.29, 0.717) is 23.9 Å². The molecule has 0 bridgehead atoms. The lowest BCUT2D eigenvalue weighted by Crippen LogP contribution is -2.30. The van der Waals surface area contributed by atoms with Gasteiger partial charge in [-0.05, 0) is 34.4 Å². The van der Waals surface area contributed by atoms with Crippen molar-refractivity contribution < 1.29 is 8.42 Å². The number of hydrogen-bond donors (Lipinski definition) is 0. The van der Waals surface area contributed by atoms with Crippen LogP contribution in [-0.2, 0) is 10.0 Å². The van der Waals surface area contributed by atoms with E-state index in [9.17, 15) is 8.42 Å². The Bertz CT molecular complexity index is 663. The average Bonchev–Trinajstić information content (AvgIpc) is 3.00. The van der Waals surface area contributed by atoms with Gasteiger partial charge in [-0.2, -0.15) is 4.31 Å². The van der Waals surface area contributed by atoms with Gasteiger partial charge in [-0.25, -0.2) is 8.42 Å². The molecule has 23 heavy (non-hydrogen) atoms. The average molecular weight is 336 g/mol.